The second-order valence-electron chi connectivity index (χ2n) is 3.38. The van der Waals surface area contributed by atoms with Crippen LogP contribution in [0.4, 0.5) is 0 Å². The lowest BCUT2D eigenvalue weighted by atomic mass is 10.2. The molecule has 0 saturated heterocycles. The average molecular weight is 303 g/mol. The van der Waals surface area contributed by atoms with Gasteiger partial charge in [-0.05, 0) is 30.7 Å². The first kappa shape index (κ1) is 13.7. The number of hydrogen-bond donors (Lipinski definition) is 0. The van der Waals surface area contributed by atoms with Crippen molar-refractivity contribution in [1.29, 1.82) is 0 Å². The van der Waals surface area contributed by atoms with Crippen molar-refractivity contribution in [2.45, 2.75) is 17.7 Å². The summed E-state index contributed by atoms with van der Waals surface area (Å²) >= 11 is 4.96. The van der Waals surface area contributed by atoms with E-state index in [1.807, 2.05) is 24.3 Å². The van der Waals surface area contributed by atoms with Gasteiger partial charge in [-0.3, -0.25) is 4.79 Å². The molecule has 4 heteroatoms. The summed E-state index contributed by atoms with van der Waals surface area (Å²) in [4.78, 5) is 12.6. The maximum absolute atomic E-state index is 11.5. The zero-order valence-corrected chi connectivity index (χ0v) is 11.6. The number of methoxy groups -OCH3 is 1. The standard InChI is InChI=1S/C12H15BrO2S/c1-15-8-2-3-11(14)9-16-12-6-4-10(13)5-7-12/h4-7H,2-3,8-9H2,1H3. The van der Waals surface area contributed by atoms with Crippen molar-refractivity contribution in [1.82, 2.24) is 0 Å². The van der Waals surface area contributed by atoms with Crippen LogP contribution in [0.25, 0.3) is 0 Å². The number of benzene rings is 1. The van der Waals surface area contributed by atoms with E-state index < -0.39 is 0 Å². The van der Waals surface area contributed by atoms with Crippen molar-refractivity contribution in [3.8, 4) is 0 Å². The molecule has 0 aromatic heterocycles. The van der Waals surface area contributed by atoms with E-state index in [0.717, 1.165) is 15.8 Å². The van der Waals surface area contributed by atoms with Gasteiger partial charge in [0, 0.05) is 29.5 Å². The van der Waals surface area contributed by atoms with Crippen LogP contribution in [0.3, 0.4) is 0 Å². The Bertz CT molecular complexity index is 324. The van der Waals surface area contributed by atoms with Crippen molar-refractivity contribution in [2.24, 2.45) is 0 Å². The van der Waals surface area contributed by atoms with Crippen LogP contribution >= 0.6 is 27.7 Å². The molecule has 16 heavy (non-hydrogen) atoms. The van der Waals surface area contributed by atoms with Gasteiger partial charge in [0.1, 0.15) is 5.78 Å². The van der Waals surface area contributed by atoms with Crippen LogP contribution in [0.2, 0.25) is 0 Å². The highest BCUT2D eigenvalue weighted by molar-refractivity contribution is 9.10. The molecule has 1 rings (SSSR count). The minimum absolute atomic E-state index is 0.282. The molecule has 0 aliphatic carbocycles. The Morgan fingerprint density at radius 1 is 1.38 bits per heavy atom. The first-order chi connectivity index (χ1) is 7.72. The van der Waals surface area contributed by atoms with E-state index in [1.54, 1.807) is 18.9 Å². The molecule has 0 spiro atoms. The van der Waals surface area contributed by atoms with Gasteiger partial charge in [0.2, 0.25) is 0 Å². The zero-order valence-electron chi connectivity index (χ0n) is 9.24. The monoisotopic (exact) mass is 302 g/mol. The number of ketones is 1. The van der Waals surface area contributed by atoms with E-state index in [9.17, 15) is 4.79 Å². The highest BCUT2D eigenvalue weighted by atomic mass is 79.9. The van der Waals surface area contributed by atoms with E-state index in [0.29, 0.717) is 18.8 Å². The molecule has 2 nitrogen and oxygen atoms in total. The molecular formula is C12H15BrO2S. The number of thioether (sulfide) groups is 1. The Hall–Kier alpha value is -0.320. The van der Waals surface area contributed by atoms with E-state index >= 15 is 0 Å². The fourth-order valence-corrected chi connectivity index (χ4v) is 2.25. The molecule has 88 valence electrons. The SMILES string of the molecule is COCCCC(=O)CSc1ccc(Br)cc1. The van der Waals surface area contributed by atoms with E-state index in [2.05, 4.69) is 15.9 Å². The molecule has 0 fully saturated rings. The predicted octanol–water partition coefficient (Wildman–Crippen LogP) is 3.54. The van der Waals surface area contributed by atoms with Crippen LogP contribution in [-0.2, 0) is 9.53 Å². The topological polar surface area (TPSA) is 26.3 Å². The summed E-state index contributed by atoms with van der Waals surface area (Å²) in [5, 5.41) is 0. The van der Waals surface area contributed by atoms with Gasteiger partial charge < -0.3 is 4.74 Å². The highest BCUT2D eigenvalue weighted by Crippen LogP contribution is 2.20. The molecule has 0 radical (unpaired) electrons. The van der Waals surface area contributed by atoms with Crippen LogP contribution < -0.4 is 0 Å². The molecule has 0 saturated carbocycles. The van der Waals surface area contributed by atoms with Crippen LogP contribution in [-0.4, -0.2) is 25.3 Å². The largest absolute Gasteiger partial charge is 0.385 e. The van der Waals surface area contributed by atoms with Gasteiger partial charge in [-0.15, -0.1) is 11.8 Å². The molecule has 0 atom stereocenters. The Morgan fingerprint density at radius 2 is 2.06 bits per heavy atom. The second-order valence-corrected chi connectivity index (χ2v) is 5.34. The number of Topliss-reactive ketones (excluding diaryl/α,β-unsaturated/α-hetero) is 1. The molecule has 0 amide bonds. The van der Waals surface area contributed by atoms with Gasteiger partial charge in [-0.25, -0.2) is 0 Å². The Kier molecular flexibility index (Phi) is 6.76. The molecule has 1 aromatic carbocycles. The number of hydrogen-bond acceptors (Lipinski definition) is 3. The third-order valence-electron chi connectivity index (χ3n) is 2.02. The third-order valence-corrected chi connectivity index (χ3v) is 3.62. The summed E-state index contributed by atoms with van der Waals surface area (Å²) in [6.45, 7) is 0.661. The summed E-state index contributed by atoms with van der Waals surface area (Å²) in [5.74, 6) is 0.829. The maximum atomic E-state index is 11.5. The normalized spacial score (nSPS) is 10.4. The Morgan fingerprint density at radius 3 is 2.69 bits per heavy atom. The lowest BCUT2D eigenvalue weighted by Gasteiger charge is -2.01. The number of ether oxygens (including phenoxy) is 1. The summed E-state index contributed by atoms with van der Waals surface area (Å²) in [6, 6.07) is 7.99. The Balaban J connectivity index is 2.23. The van der Waals surface area contributed by atoms with E-state index in [4.69, 9.17) is 4.74 Å². The lowest BCUT2D eigenvalue weighted by molar-refractivity contribution is -0.116. The fourth-order valence-electron chi connectivity index (χ4n) is 1.18. The molecule has 0 aliphatic rings. The molecule has 0 aliphatic heterocycles. The van der Waals surface area contributed by atoms with Gasteiger partial charge in [0.15, 0.2) is 0 Å². The first-order valence-electron chi connectivity index (χ1n) is 5.11. The molecule has 0 heterocycles. The minimum Gasteiger partial charge on any atom is -0.385 e. The fraction of sp³-hybridized carbons (Fsp3) is 0.417. The highest BCUT2D eigenvalue weighted by Gasteiger charge is 2.03. The number of rotatable bonds is 7. The second kappa shape index (κ2) is 7.87. The summed E-state index contributed by atoms with van der Waals surface area (Å²) in [5.41, 5.74) is 0. The van der Waals surface area contributed by atoms with Crippen LogP contribution in [0.5, 0.6) is 0 Å². The minimum atomic E-state index is 0.282. The molecular weight excluding hydrogens is 288 g/mol. The van der Waals surface area contributed by atoms with Crippen molar-refractivity contribution >= 4 is 33.5 Å². The zero-order chi connectivity index (χ0) is 11.8. The average Bonchev–Trinajstić information content (AvgIpc) is 2.29. The van der Waals surface area contributed by atoms with Crippen molar-refractivity contribution in [3.63, 3.8) is 0 Å². The summed E-state index contributed by atoms with van der Waals surface area (Å²) in [6.07, 6.45) is 1.42. The number of carbonyl (C=O) groups is 1. The molecule has 0 unspecified atom stereocenters. The van der Waals surface area contributed by atoms with Crippen LogP contribution in [0.15, 0.2) is 33.6 Å². The van der Waals surface area contributed by atoms with Crippen LogP contribution in [0.1, 0.15) is 12.8 Å². The van der Waals surface area contributed by atoms with Gasteiger partial charge in [-0.2, -0.15) is 0 Å². The Labute approximate surface area is 109 Å². The quantitative estimate of drug-likeness (QED) is 0.569. The van der Waals surface area contributed by atoms with Crippen LogP contribution in [0, 0.1) is 0 Å². The summed E-state index contributed by atoms with van der Waals surface area (Å²) < 4.78 is 5.96. The molecule has 1 aromatic rings. The molecule has 0 N–H and O–H groups in total. The smallest absolute Gasteiger partial charge is 0.143 e. The summed E-state index contributed by atoms with van der Waals surface area (Å²) in [7, 11) is 1.65. The van der Waals surface area contributed by atoms with Gasteiger partial charge >= 0.3 is 0 Å². The van der Waals surface area contributed by atoms with E-state index in [1.165, 1.54) is 0 Å². The number of halogens is 1. The predicted molar refractivity (Wildman–Crippen MR) is 71.0 cm³/mol. The van der Waals surface area contributed by atoms with Gasteiger partial charge in [-0.1, -0.05) is 15.9 Å². The van der Waals surface area contributed by atoms with Crippen molar-refractivity contribution in [2.75, 3.05) is 19.5 Å². The molecule has 0 bridgehead atoms. The van der Waals surface area contributed by atoms with Crippen molar-refractivity contribution < 1.29 is 9.53 Å². The van der Waals surface area contributed by atoms with Crippen molar-refractivity contribution in [3.05, 3.63) is 28.7 Å². The number of carbonyl (C=O) groups excluding carboxylic acids is 1. The maximum Gasteiger partial charge on any atom is 0.143 e. The third kappa shape index (κ3) is 5.68. The lowest BCUT2D eigenvalue weighted by Crippen LogP contribution is -2.03. The van der Waals surface area contributed by atoms with Gasteiger partial charge in [0.25, 0.3) is 0 Å². The van der Waals surface area contributed by atoms with Gasteiger partial charge in [0.05, 0.1) is 5.75 Å². The first-order valence-corrected chi connectivity index (χ1v) is 6.89. The van der Waals surface area contributed by atoms with E-state index in [-0.39, 0.29) is 5.78 Å².